The van der Waals surface area contributed by atoms with Crippen LogP contribution in [-0.2, 0) is 4.79 Å². The molecule has 3 rings (SSSR count). The number of amides is 1. The van der Waals surface area contributed by atoms with Crippen LogP contribution in [0.5, 0.6) is 5.75 Å². The number of hydrogen-bond acceptors (Lipinski definition) is 7. The summed E-state index contributed by atoms with van der Waals surface area (Å²) in [5.74, 6) is 0.124. The van der Waals surface area contributed by atoms with Crippen LogP contribution in [0.15, 0.2) is 29.8 Å². The van der Waals surface area contributed by atoms with E-state index in [0.29, 0.717) is 17.1 Å². The lowest BCUT2D eigenvalue weighted by atomic mass is 10.3. The number of benzene rings is 1. The van der Waals surface area contributed by atoms with E-state index in [-0.39, 0.29) is 13.1 Å². The maximum Gasteiger partial charge on any atom is 0.225 e. The van der Waals surface area contributed by atoms with Crippen LogP contribution in [0.3, 0.4) is 0 Å². The van der Waals surface area contributed by atoms with Gasteiger partial charge in [-0.2, -0.15) is 0 Å². The first-order chi connectivity index (χ1) is 10.6. The number of carbonyl (C=O) groups is 1. The third kappa shape index (κ3) is 4.34. The first-order valence-corrected chi connectivity index (χ1v) is 8.11. The number of anilines is 1. The average Bonchev–Trinajstić information content (AvgIpc) is 3.15. The van der Waals surface area contributed by atoms with Gasteiger partial charge in [0.25, 0.3) is 0 Å². The molecule has 3 aromatic rings. The molecule has 0 fully saturated rings. The quantitative estimate of drug-likeness (QED) is 0.634. The van der Waals surface area contributed by atoms with Gasteiger partial charge in [-0.1, -0.05) is 18.3 Å². The van der Waals surface area contributed by atoms with Gasteiger partial charge in [-0.25, -0.2) is 9.97 Å². The van der Waals surface area contributed by atoms with E-state index >= 15 is 0 Å². The minimum absolute atomic E-state index is 0. The lowest BCUT2D eigenvalue weighted by Gasteiger charge is -1.95. The minimum atomic E-state index is -0.0571. The molecule has 0 saturated carbocycles. The van der Waals surface area contributed by atoms with Crippen LogP contribution >= 0.6 is 22.7 Å². The van der Waals surface area contributed by atoms with Gasteiger partial charge in [0.2, 0.25) is 5.91 Å². The Labute approximate surface area is 136 Å². The fraction of sp³-hybridized carbons (Fsp3) is 0.143. The SMILES string of the molecule is CCC(=O)Nc1nc2cc(O)ccc2s1.N=Cc1nccs1.[HH]. The molecular formula is C14H16N4O2S2. The zero-order chi connectivity index (χ0) is 15.9. The summed E-state index contributed by atoms with van der Waals surface area (Å²) < 4.78 is 0.944. The molecule has 3 N–H and O–H groups in total. The minimum Gasteiger partial charge on any atom is -0.508 e. The molecular weight excluding hydrogens is 320 g/mol. The van der Waals surface area contributed by atoms with Crippen LogP contribution in [0.25, 0.3) is 10.2 Å². The number of thiazole rings is 2. The predicted molar refractivity (Wildman–Crippen MR) is 92.3 cm³/mol. The Kier molecular flexibility index (Phi) is 5.56. The van der Waals surface area contributed by atoms with Crippen molar-refractivity contribution in [1.29, 1.82) is 5.41 Å². The van der Waals surface area contributed by atoms with E-state index in [2.05, 4.69) is 15.3 Å². The van der Waals surface area contributed by atoms with Crippen molar-refractivity contribution in [2.24, 2.45) is 0 Å². The van der Waals surface area contributed by atoms with Gasteiger partial charge in [-0.15, -0.1) is 11.3 Å². The van der Waals surface area contributed by atoms with Crippen molar-refractivity contribution in [3.8, 4) is 5.75 Å². The van der Waals surface area contributed by atoms with Crippen LogP contribution in [0, 0.1) is 5.41 Å². The largest absolute Gasteiger partial charge is 0.508 e. The number of phenolic OH excluding ortho intramolecular Hbond substituents is 1. The van der Waals surface area contributed by atoms with E-state index in [1.165, 1.54) is 28.9 Å². The first-order valence-electron chi connectivity index (χ1n) is 6.41. The van der Waals surface area contributed by atoms with Crippen LogP contribution < -0.4 is 5.32 Å². The van der Waals surface area contributed by atoms with Crippen molar-refractivity contribution < 1.29 is 11.3 Å². The number of nitrogens with one attached hydrogen (secondary N) is 2. The summed E-state index contributed by atoms with van der Waals surface area (Å²) in [5, 5.41) is 21.8. The number of carbonyl (C=O) groups excluding carboxylic acids is 1. The van der Waals surface area contributed by atoms with E-state index in [4.69, 9.17) is 5.41 Å². The van der Waals surface area contributed by atoms with Crippen LogP contribution in [0.2, 0.25) is 0 Å². The van der Waals surface area contributed by atoms with Crippen molar-refractivity contribution in [2.75, 3.05) is 5.32 Å². The fourth-order valence-corrected chi connectivity index (χ4v) is 2.80. The molecule has 2 heterocycles. The average molecular weight is 336 g/mol. The smallest absolute Gasteiger partial charge is 0.225 e. The van der Waals surface area contributed by atoms with Crippen molar-refractivity contribution in [3.05, 3.63) is 34.8 Å². The van der Waals surface area contributed by atoms with Gasteiger partial charge in [0.1, 0.15) is 10.8 Å². The molecule has 2 aromatic heterocycles. The molecule has 116 valence electrons. The second-order valence-corrected chi connectivity index (χ2v) is 6.04. The normalized spacial score (nSPS) is 9.86. The summed E-state index contributed by atoms with van der Waals surface area (Å²) in [6, 6.07) is 4.96. The third-order valence-electron chi connectivity index (χ3n) is 2.51. The fourth-order valence-electron chi connectivity index (χ4n) is 1.48. The van der Waals surface area contributed by atoms with Crippen molar-refractivity contribution in [1.82, 2.24) is 9.97 Å². The Morgan fingerprint density at radius 1 is 1.55 bits per heavy atom. The topological polar surface area (TPSA) is 99.0 Å². The first kappa shape index (κ1) is 16.1. The number of aromatic nitrogens is 2. The Bertz CT molecular complexity index is 774. The van der Waals surface area contributed by atoms with E-state index in [9.17, 15) is 9.90 Å². The van der Waals surface area contributed by atoms with Crippen molar-refractivity contribution >= 4 is 50.1 Å². The predicted octanol–water partition coefficient (Wildman–Crippen LogP) is 3.74. The number of hydrogen-bond donors (Lipinski definition) is 3. The molecule has 0 spiro atoms. The molecule has 1 aromatic carbocycles. The molecule has 0 atom stereocenters. The Hall–Kier alpha value is -2.32. The van der Waals surface area contributed by atoms with Gasteiger partial charge in [0, 0.05) is 25.5 Å². The lowest BCUT2D eigenvalue weighted by Crippen LogP contribution is -2.08. The molecule has 1 amide bonds. The standard InChI is InChI=1S/C10H10N2O2S.C4H4N2S.H2/c1-2-9(14)12-10-11-7-5-6(13)3-4-8(7)15-10;5-3-4-6-1-2-7-4;/h3-5,13H,2H2,1H3,(H,11,12,14);1-3,5H;1H. The number of phenols is 1. The second-order valence-electron chi connectivity index (χ2n) is 4.09. The maximum atomic E-state index is 11.1. The van der Waals surface area contributed by atoms with Crippen LogP contribution in [0.4, 0.5) is 5.13 Å². The number of fused-ring (bicyclic) bond motifs is 1. The number of aromatic hydroxyl groups is 1. The third-order valence-corrected chi connectivity index (χ3v) is 4.19. The van der Waals surface area contributed by atoms with E-state index in [0.717, 1.165) is 9.71 Å². The lowest BCUT2D eigenvalue weighted by molar-refractivity contribution is -0.115. The van der Waals surface area contributed by atoms with E-state index < -0.39 is 0 Å². The molecule has 0 radical (unpaired) electrons. The van der Waals surface area contributed by atoms with Gasteiger partial charge in [-0.05, 0) is 12.1 Å². The van der Waals surface area contributed by atoms with Crippen molar-refractivity contribution in [2.45, 2.75) is 13.3 Å². The monoisotopic (exact) mass is 336 g/mol. The molecule has 0 aliphatic heterocycles. The Morgan fingerprint density at radius 3 is 2.95 bits per heavy atom. The van der Waals surface area contributed by atoms with Crippen LogP contribution in [0.1, 0.15) is 19.8 Å². The molecule has 0 saturated heterocycles. The molecule has 0 unspecified atom stereocenters. The van der Waals surface area contributed by atoms with Gasteiger partial charge >= 0.3 is 0 Å². The van der Waals surface area contributed by atoms with Crippen LogP contribution in [-0.4, -0.2) is 27.2 Å². The van der Waals surface area contributed by atoms with Crippen molar-refractivity contribution in [3.63, 3.8) is 0 Å². The Balaban J connectivity index is 0.000000280. The zero-order valence-electron chi connectivity index (χ0n) is 11.7. The Morgan fingerprint density at radius 2 is 2.36 bits per heavy atom. The number of nitrogens with zero attached hydrogens (tertiary/aromatic N) is 2. The second kappa shape index (κ2) is 7.62. The highest BCUT2D eigenvalue weighted by atomic mass is 32.1. The summed E-state index contributed by atoms with van der Waals surface area (Å²) in [7, 11) is 0. The van der Waals surface area contributed by atoms with Gasteiger partial charge in [-0.3, -0.25) is 4.79 Å². The van der Waals surface area contributed by atoms with Gasteiger partial charge < -0.3 is 15.8 Å². The molecule has 0 aliphatic rings. The highest BCUT2D eigenvalue weighted by molar-refractivity contribution is 7.22. The summed E-state index contributed by atoms with van der Waals surface area (Å²) in [6.45, 7) is 1.79. The molecule has 22 heavy (non-hydrogen) atoms. The van der Waals surface area contributed by atoms with E-state index in [1.54, 1.807) is 31.3 Å². The van der Waals surface area contributed by atoms with Gasteiger partial charge in [0.05, 0.1) is 16.4 Å². The molecule has 8 heteroatoms. The summed E-state index contributed by atoms with van der Waals surface area (Å²) in [4.78, 5) is 19.1. The molecule has 0 aliphatic carbocycles. The summed E-state index contributed by atoms with van der Waals surface area (Å²) in [6.07, 6.45) is 3.36. The number of rotatable bonds is 3. The molecule has 6 nitrogen and oxygen atoms in total. The van der Waals surface area contributed by atoms with E-state index in [1.807, 2.05) is 5.38 Å². The summed E-state index contributed by atoms with van der Waals surface area (Å²) >= 11 is 2.86. The summed E-state index contributed by atoms with van der Waals surface area (Å²) in [5.41, 5.74) is 0.700. The van der Waals surface area contributed by atoms with Gasteiger partial charge in [0.15, 0.2) is 5.13 Å². The highest BCUT2D eigenvalue weighted by Crippen LogP contribution is 2.28. The molecule has 0 bridgehead atoms. The highest BCUT2D eigenvalue weighted by Gasteiger charge is 2.06. The maximum absolute atomic E-state index is 11.1. The zero-order valence-corrected chi connectivity index (χ0v) is 13.4.